The molecule has 0 radical (unpaired) electrons. The maximum atomic E-state index is 12.8. The summed E-state index contributed by atoms with van der Waals surface area (Å²) in [6.07, 6.45) is 2.94. The number of halogens is 1. The number of aromatic nitrogens is 1. The maximum absolute atomic E-state index is 12.8. The molecule has 9 heteroatoms. The Balaban J connectivity index is 1.39. The molecule has 0 N–H and O–H groups in total. The lowest BCUT2D eigenvalue weighted by atomic mass is 10.3. The van der Waals surface area contributed by atoms with Gasteiger partial charge in [0.1, 0.15) is 5.52 Å². The predicted octanol–water partition coefficient (Wildman–Crippen LogP) is 3.14. The number of sulfonamides is 1. The number of piperazine rings is 1. The summed E-state index contributed by atoms with van der Waals surface area (Å²) >= 11 is 3.30. The topological polar surface area (TPSA) is 83.7 Å². The van der Waals surface area contributed by atoms with E-state index in [9.17, 15) is 13.2 Å². The smallest absolute Gasteiger partial charge is 0.246 e. The summed E-state index contributed by atoms with van der Waals surface area (Å²) in [5.74, 6) is 0.155. The fourth-order valence-electron chi connectivity index (χ4n) is 3.13. The molecule has 0 aliphatic carbocycles. The zero-order valence-corrected chi connectivity index (χ0v) is 17.8. The first-order valence-electron chi connectivity index (χ1n) is 9.02. The molecule has 2 aromatic carbocycles. The second kappa shape index (κ2) is 8.10. The standard InChI is InChI=1S/C20H18BrN3O4S/c21-15-4-3-5-16(14-15)29(26,27)24-12-10-23(11-13-24)20(25)9-8-19-22-17-6-1-2-7-18(17)28-19/h1-9,14H,10-13H2/b9-8+. The molecule has 0 saturated carbocycles. The van der Waals surface area contributed by atoms with Gasteiger partial charge in [0.15, 0.2) is 5.58 Å². The molecule has 0 bridgehead atoms. The summed E-state index contributed by atoms with van der Waals surface area (Å²) in [7, 11) is -3.58. The van der Waals surface area contributed by atoms with Crippen LogP contribution in [0.15, 0.2) is 68.4 Å². The third-order valence-corrected chi connectivity index (χ3v) is 7.05. The molecule has 4 rings (SSSR count). The Morgan fingerprint density at radius 3 is 2.55 bits per heavy atom. The van der Waals surface area contributed by atoms with Crippen molar-refractivity contribution in [2.45, 2.75) is 4.90 Å². The van der Waals surface area contributed by atoms with Crippen molar-refractivity contribution in [3.05, 3.63) is 65.0 Å². The van der Waals surface area contributed by atoms with E-state index in [1.54, 1.807) is 29.2 Å². The minimum atomic E-state index is -3.58. The second-order valence-electron chi connectivity index (χ2n) is 6.54. The van der Waals surface area contributed by atoms with E-state index in [1.165, 1.54) is 16.5 Å². The molecule has 3 aromatic rings. The molecule has 7 nitrogen and oxygen atoms in total. The number of hydrogen-bond acceptors (Lipinski definition) is 5. The average Bonchev–Trinajstić information content (AvgIpc) is 3.15. The number of carbonyl (C=O) groups excluding carboxylic acids is 1. The number of fused-ring (bicyclic) bond motifs is 1. The molecule has 29 heavy (non-hydrogen) atoms. The van der Waals surface area contributed by atoms with Gasteiger partial charge >= 0.3 is 0 Å². The fourth-order valence-corrected chi connectivity index (χ4v) is 5.15. The number of para-hydroxylation sites is 2. The average molecular weight is 476 g/mol. The van der Waals surface area contributed by atoms with Crippen LogP contribution in [-0.2, 0) is 14.8 Å². The molecule has 2 heterocycles. The Kier molecular flexibility index (Phi) is 5.53. The Morgan fingerprint density at radius 1 is 1.07 bits per heavy atom. The summed E-state index contributed by atoms with van der Waals surface area (Å²) < 4.78 is 33.2. The normalized spacial score (nSPS) is 16.0. The maximum Gasteiger partial charge on any atom is 0.246 e. The van der Waals surface area contributed by atoms with E-state index in [0.29, 0.717) is 29.0 Å². The number of oxazole rings is 1. The highest BCUT2D eigenvalue weighted by Gasteiger charge is 2.29. The number of benzene rings is 2. The summed E-state index contributed by atoms with van der Waals surface area (Å²) in [4.78, 5) is 18.6. The summed E-state index contributed by atoms with van der Waals surface area (Å²) in [6.45, 7) is 1.14. The minimum Gasteiger partial charge on any atom is -0.437 e. The van der Waals surface area contributed by atoms with Crippen LogP contribution in [0.25, 0.3) is 17.2 Å². The molecule has 1 aliphatic heterocycles. The Bertz CT molecular complexity index is 1150. The molecule has 0 spiro atoms. The van der Waals surface area contributed by atoms with Crippen LogP contribution < -0.4 is 0 Å². The Hall–Kier alpha value is -2.49. The predicted molar refractivity (Wildman–Crippen MR) is 113 cm³/mol. The third-order valence-electron chi connectivity index (χ3n) is 4.66. The van der Waals surface area contributed by atoms with E-state index < -0.39 is 10.0 Å². The van der Waals surface area contributed by atoms with Crippen LogP contribution >= 0.6 is 15.9 Å². The molecule has 1 amide bonds. The van der Waals surface area contributed by atoms with Crippen LogP contribution in [0.1, 0.15) is 5.89 Å². The van der Waals surface area contributed by atoms with Gasteiger partial charge in [-0.15, -0.1) is 0 Å². The van der Waals surface area contributed by atoms with E-state index in [1.807, 2.05) is 24.3 Å². The number of rotatable bonds is 4. The van der Waals surface area contributed by atoms with Crippen molar-refractivity contribution in [2.75, 3.05) is 26.2 Å². The van der Waals surface area contributed by atoms with Crippen molar-refractivity contribution in [3.63, 3.8) is 0 Å². The van der Waals surface area contributed by atoms with Gasteiger partial charge in [-0.2, -0.15) is 4.31 Å². The van der Waals surface area contributed by atoms with E-state index in [2.05, 4.69) is 20.9 Å². The summed E-state index contributed by atoms with van der Waals surface area (Å²) in [5, 5.41) is 0. The van der Waals surface area contributed by atoms with Crippen LogP contribution in [-0.4, -0.2) is 54.7 Å². The first-order valence-corrected chi connectivity index (χ1v) is 11.2. The number of hydrogen-bond donors (Lipinski definition) is 0. The highest BCUT2D eigenvalue weighted by Crippen LogP contribution is 2.21. The van der Waals surface area contributed by atoms with Crippen LogP contribution in [0.3, 0.4) is 0 Å². The van der Waals surface area contributed by atoms with Gasteiger partial charge in [0.2, 0.25) is 21.8 Å². The van der Waals surface area contributed by atoms with Crippen LogP contribution in [0.5, 0.6) is 0 Å². The van der Waals surface area contributed by atoms with Gasteiger partial charge < -0.3 is 9.32 Å². The van der Waals surface area contributed by atoms with Gasteiger partial charge in [0, 0.05) is 42.8 Å². The lowest BCUT2D eigenvalue weighted by Gasteiger charge is -2.33. The largest absolute Gasteiger partial charge is 0.437 e. The quantitative estimate of drug-likeness (QED) is 0.541. The number of amides is 1. The first kappa shape index (κ1) is 19.8. The summed E-state index contributed by atoms with van der Waals surface area (Å²) in [6, 6.07) is 14.0. The van der Waals surface area contributed by atoms with Gasteiger partial charge in [-0.3, -0.25) is 4.79 Å². The third kappa shape index (κ3) is 4.26. The van der Waals surface area contributed by atoms with Gasteiger partial charge in [-0.25, -0.2) is 13.4 Å². The first-order chi connectivity index (χ1) is 13.9. The second-order valence-corrected chi connectivity index (χ2v) is 9.39. The Morgan fingerprint density at radius 2 is 1.83 bits per heavy atom. The monoisotopic (exact) mass is 475 g/mol. The van der Waals surface area contributed by atoms with Crippen molar-refractivity contribution in [1.29, 1.82) is 0 Å². The van der Waals surface area contributed by atoms with E-state index in [4.69, 9.17) is 4.42 Å². The molecule has 1 aliphatic rings. The van der Waals surface area contributed by atoms with Gasteiger partial charge in [-0.05, 0) is 30.3 Å². The van der Waals surface area contributed by atoms with Gasteiger partial charge in [0.05, 0.1) is 4.90 Å². The molecule has 1 fully saturated rings. The zero-order valence-electron chi connectivity index (χ0n) is 15.4. The van der Waals surface area contributed by atoms with Crippen molar-refractivity contribution in [1.82, 2.24) is 14.2 Å². The van der Waals surface area contributed by atoms with E-state index in [0.717, 1.165) is 5.52 Å². The van der Waals surface area contributed by atoms with Crippen LogP contribution in [0, 0.1) is 0 Å². The molecular weight excluding hydrogens is 458 g/mol. The molecule has 0 unspecified atom stereocenters. The van der Waals surface area contributed by atoms with E-state index in [-0.39, 0.29) is 23.9 Å². The SMILES string of the molecule is O=C(/C=C/c1nc2ccccc2o1)N1CCN(S(=O)(=O)c2cccc(Br)c2)CC1. The van der Waals surface area contributed by atoms with Crippen molar-refractivity contribution in [2.24, 2.45) is 0 Å². The van der Waals surface area contributed by atoms with Crippen molar-refractivity contribution in [3.8, 4) is 0 Å². The number of nitrogens with zero attached hydrogens (tertiary/aromatic N) is 3. The molecule has 0 atom stereocenters. The highest BCUT2D eigenvalue weighted by atomic mass is 79.9. The molecule has 150 valence electrons. The summed E-state index contributed by atoms with van der Waals surface area (Å²) in [5.41, 5.74) is 1.39. The lowest BCUT2D eigenvalue weighted by Crippen LogP contribution is -2.50. The fraction of sp³-hybridized carbons (Fsp3) is 0.200. The van der Waals surface area contributed by atoms with Crippen LogP contribution in [0.2, 0.25) is 0 Å². The highest BCUT2D eigenvalue weighted by molar-refractivity contribution is 9.10. The lowest BCUT2D eigenvalue weighted by molar-refractivity contribution is -0.127. The van der Waals surface area contributed by atoms with Crippen LogP contribution in [0.4, 0.5) is 0 Å². The van der Waals surface area contributed by atoms with Crippen molar-refractivity contribution >= 4 is 49.0 Å². The number of carbonyl (C=O) groups is 1. The van der Waals surface area contributed by atoms with E-state index >= 15 is 0 Å². The van der Waals surface area contributed by atoms with Gasteiger partial charge in [0.25, 0.3) is 0 Å². The molecular formula is C20H18BrN3O4S. The minimum absolute atomic E-state index is 0.202. The van der Waals surface area contributed by atoms with Crippen molar-refractivity contribution < 1.29 is 17.6 Å². The Labute approximate surface area is 176 Å². The molecule has 1 saturated heterocycles. The molecule has 1 aromatic heterocycles. The zero-order chi connectivity index (χ0) is 20.4. The van der Waals surface area contributed by atoms with Gasteiger partial charge in [-0.1, -0.05) is 34.1 Å².